The van der Waals surface area contributed by atoms with Gasteiger partial charge in [-0.15, -0.1) is 0 Å². The number of carbonyl (C=O) groups is 7. The molecule has 0 aromatic heterocycles. The summed E-state index contributed by atoms with van der Waals surface area (Å²) in [4.78, 5) is 91.0. The third-order valence-electron chi connectivity index (χ3n) is 7.91. The molecule has 15 heteroatoms. The van der Waals surface area contributed by atoms with Gasteiger partial charge in [-0.2, -0.15) is 0 Å². The summed E-state index contributed by atoms with van der Waals surface area (Å²) in [5, 5.41) is 5.14. The average molecular weight is 777 g/mol. The molecule has 56 heavy (non-hydrogen) atoms. The van der Waals surface area contributed by atoms with Crippen molar-refractivity contribution in [2.45, 2.75) is 91.1 Å². The van der Waals surface area contributed by atoms with Crippen LogP contribution in [0.4, 0.5) is 4.79 Å². The molecule has 0 saturated heterocycles. The van der Waals surface area contributed by atoms with Gasteiger partial charge in [0.2, 0.25) is 12.0 Å². The Morgan fingerprint density at radius 2 is 1.07 bits per heavy atom. The van der Waals surface area contributed by atoms with E-state index < -0.39 is 85.0 Å². The lowest BCUT2D eigenvalue weighted by Gasteiger charge is -2.36. The van der Waals surface area contributed by atoms with Crippen LogP contribution >= 0.6 is 0 Å². The van der Waals surface area contributed by atoms with Crippen LogP contribution in [0, 0.1) is 5.92 Å². The lowest BCUT2D eigenvalue weighted by atomic mass is 9.98. The van der Waals surface area contributed by atoms with Gasteiger partial charge in [0.1, 0.15) is 25.3 Å². The molecule has 2 amide bonds. The third-order valence-corrected chi connectivity index (χ3v) is 7.91. The molecule has 300 valence electrons. The summed E-state index contributed by atoms with van der Waals surface area (Å²) >= 11 is 0. The van der Waals surface area contributed by atoms with E-state index in [9.17, 15) is 33.6 Å². The van der Waals surface area contributed by atoms with Gasteiger partial charge >= 0.3 is 35.9 Å². The molecule has 0 spiro atoms. The van der Waals surface area contributed by atoms with Crippen molar-refractivity contribution < 1.29 is 62.0 Å². The molecule has 0 aliphatic carbocycles. The van der Waals surface area contributed by atoms with Gasteiger partial charge in [-0.05, 0) is 29.0 Å². The van der Waals surface area contributed by atoms with E-state index in [4.69, 9.17) is 28.4 Å². The van der Waals surface area contributed by atoms with Crippen molar-refractivity contribution in [3.63, 3.8) is 0 Å². The number of carbonyl (C=O) groups excluding carboxylic acids is 7. The van der Waals surface area contributed by atoms with Crippen LogP contribution in [0.25, 0.3) is 0 Å². The van der Waals surface area contributed by atoms with Crippen LogP contribution in [0.15, 0.2) is 91.0 Å². The number of hydrogen-bond acceptors (Lipinski definition) is 13. The molecule has 0 bridgehead atoms. The Hall–Kier alpha value is -6.25. The number of nitrogens with one attached hydrogen (secondary N) is 2. The van der Waals surface area contributed by atoms with Crippen molar-refractivity contribution >= 4 is 41.8 Å². The Morgan fingerprint density at radius 1 is 0.571 bits per heavy atom. The molecule has 0 aliphatic rings. The number of rotatable bonds is 19. The summed E-state index contributed by atoms with van der Waals surface area (Å²) in [6.45, 7) is 6.92. The fourth-order valence-corrected chi connectivity index (χ4v) is 5.58. The zero-order chi connectivity index (χ0) is 41.2. The van der Waals surface area contributed by atoms with Gasteiger partial charge in [0, 0.05) is 27.7 Å². The quantitative estimate of drug-likeness (QED) is 0.128. The zero-order valence-corrected chi connectivity index (χ0v) is 32.1. The fourth-order valence-electron chi connectivity index (χ4n) is 5.58. The van der Waals surface area contributed by atoms with Crippen molar-refractivity contribution in [1.29, 1.82) is 0 Å². The van der Waals surface area contributed by atoms with Gasteiger partial charge in [-0.1, -0.05) is 105 Å². The van der Waals surface area contributed by atoms with E-state index in [1.165, 1.54) is 0 Å². The second-order valence-electron chi connectivity index (χ2n) is 13.1. The standard InChI is InChI=1S/C41H48N2O13/c1-25(2)22-33(43-41(50)52-23-30-16-10-7-11-17-30)39(48)42-34(24-51-26(3)44)36(53-27(4)45)37(54-28(5)46)38(55-29(6)47)40(49)56-35(31-18-12-8-13-19-31)32-20-14-9-15-21-32/h7-21,25,33-38H,22-24H2,1-6H3,(H,42,48)(H,43,50)/t33-,34-,36+,37+,38-/m0/s1. The molecule has 5 atom stereocenters. The first-order chi connectivity index (χ1) is 26.6. The molecule has 0 aliphatic heterocycles. The molecule has 0 heterocycles. The molecule has 3 aromatic carbocycles. The Kier molecular flexibility index (Phi) is 17.5. The number of alkyl carbamates (subject to hydrolysis) is 1. The number of esters is 5. The SMILES string of the molecule is CC(=O)OC[C@H](NC(=O)[C@H](CC(C)C)NC(=O)OCc1ccccc1)[C@@H](OC(C)=O)[C@@H](OC(C)=O)[C@H](OC(C)=O)C(=O)OC(c1ccccc1)c1ccccc1. The minimum absolute atomic E-state index is 0.0839. The number of benzene rings is 3. The zero-order valence-electron chi connectivity index (χ0n) is 32.1. The second kappa shape index (κ2) is 22.2. The van der Waals surface area contributed by atoms with E-state index in [-0.39, 0.29) is 18.9 Å². The summed E-state index contributed by atoms with van der Waals surface area (Å²) < 4.78 is 33.1. The van der Waals surface area contributed by atoms with E-state index >= 15 is 0 Å². The topological polar surface area (TPSA) is 199 Å². The minimum atomic E-state index is -2.09. The van der Waals surface area contributed by atoms with E-state index in [1.54, 1.807) is 105 Å². The largest absolute Gasteiger partial charge is 0.464 e. The van der Waals surface area contributed by atoms with E-state index in [0.29, 0.717) is 16.7 Å². The van der Waals surface area contributed by atoms with Crippen molar-refractivity contribution in [1.82, 2.24) is 10.6 Å². The Bertz CT molecular complexity index is 1730. The smallest absolute Gasteiger partial charge is 0.408 e. The van der Waals surface area contributed by atoms with Gasteiger partial charge in [0.05, 0.1) is 0 Å². The molecule has 3 rings (SSSR count). The number of hydrogen-bond donors (Lipinski definition) is 2. The molecular formula is C41H48N2O13. The molecular weight excluding hydrogens is 728 g/mol. The maximum atomic E-state index is 14.2. The highest BCUT2D eigenvalue weighted by atomic mass is 16.6. The Balaban J connectivity index is 2.04. The maximum absolute atomic E-state index is 14.2. The van der Waals surface area contributed by atoms with E-state index in [2.05, 4.69) is 10.6 Å². The third kappa shape index (κ3) is 14.9. The van der Waals surface area contributed by atoms with Crippen molar-refractivity contribution in [3.8, 4) is 0 Å². The van der Waals surface area contributed by atoms with Crippen molar-refractivity contribution in [2.75, 3.05) is 6.61 Å². The summed E-state index contributed by atoms with van der Waals surface area (Å²) in [5.41, 5.74) is 1.79. The summed E-state index contributed by atoms with van der Waals surface area (Å²) in [5.74, 6) is -5.98. The normalized spacial score (nSPS) is 13.5. The lowest BCUT2D eigenvalue weighted by Crippen LogP contribution is -2.61. The van der Waals surface area contributed by atoms with Crippen LogP contribution in [0.1, 0.15) is 70.8 Å². The molecule has 0 radical (unpaired) electrons. The highest BCUT2D eigenvalue weighted by Gasteiger charge is 2.48. The Morgan fingerprint density at radius 3 is 1.55 bits per heavy atom. The van der Waals surface area contributed by atoms with Crippen LogP contribution in [-0.4, -0.2) is 78.8 Å². The van der Waals surface area contributed by atoms with Crippen LogP contribution in [-0.2, 0) is 63.8 Å². The summed E-state index contributed by atoms with van der Waals surface area (Å²) in [7, 11) is 0. The van der Waals surface area contributed by atoms with Gasteiger partial charge in [0.25, 0.3) is 0 Å². The highest BCUT2D eigenvalue weighted by Crippen LogP contribution is 2.28. The number of ether oxygens (including phenoxy) is 6. The van der Waals surface area contributed by atoms with Gasteiger partial charge in [0.15, 0.2) is 18.3 Å². The highest BCUT2D eigenvalue weighted by molar-refractivity contribution is 5.86. The van der Waals surface area contributed by atoms with Crippen LogP contribution in [0.3, 0.4) is 0 Å². The molecule has 15 nitrogen and oxygen atoms in total. The monoisotopic (exact) mass is 776 g/mol. The number of amides is 2. The maximum Gasteiger partial charge on any atom is 0.408 e. The molecule has 0 unspecified atom stereocenters. The molecule has 0 saturated carbocycles. The second-order valence-corrected chi connectivity index (χ2v) is 13.1. The van der Waals surface area contributed by atoms with Gasteiger partial charge < -0.3 is 39.1 Å². The van der Waals surface area contributed by atoms with Crippen LogP contribution < -0.4 is 10.6 Å². The van der Waals surface area contributed by atoms with E-state index in [1.807, 2.05) is 0 Å². The molecule has 2 N–H and O–H groups in total. The summed E-state index contributed by atoms with van der Waals surface area (Å²) in [6.07, 6.45) is -7.79. The summed E-state index contributed by atoms with van der Waals surface area (Å²) in [6, 6.07) is 23.3. The predicted molar refractivity (Wildman–Crippen MR) is 199 cm³/mol. The Labute approximate surface area is 325 Å². The van der Waals surface area contributed by atoms with Crippen molar-refractivity contribution in [3.05, 3.63) is 108 Å². The van der Waals surface area contributed by atoms with Crippen molar-refractivity contribution in [2.24, 2.45) is 5.92 Å². The van der Waals surface area contributed by atoms with Crippen LogP contribution in [0.2, 0.25) is 0 Å². The first kappa shape index (κ1) is 44.1. The first-order valence-electron chi connectivity index (χ1n) is 17.9. The van der Waals surface area contributed by atoms with Gasteiger partial charge in [-0.3, -0.25) is 24.0 Å². The predicted octanol–water partition coefficient (Wildman–Crippen LogP) is 4.50. The first-order valence-corrected chi connectivity index (χ1v) is 17.9. The molecule has 0 fully saturated rings. The van der Waals surface area contributed by atoms with E-state index in [0.717, 1.165) is 27.7 Å². The van der Waals surface area contributed by atoms with Gasteiger partial charge in [-0.25, -0.2) is 9.59 Å². The lowest BCUT2D eigenvalue weighted by molar-refractivity contribution is -0.198. The van der Waals surface area contributed by atoms with Crippen LogP contribution in [0.5, 0.6) is 0 Å². The minimum Gasteiger partial charge on any atom is -0.464 e. The molecule has 3 aromatic rings. The average Bonchev–Trinajstić information content (AvgIpc) is 3.15. The fraction of sp³-hybridized carbons (Fsp3) is 0.390.